The lowest BCUT2D eigenvalue weighted by atomic mass is 9.71. The number of piperidine rings is 1. The van der Waals surface area contributed by atoms with Crippen LogP contribution in [0.4, 0.5) is 11.5 Å². The first kappa shape index (κ1) is 17.7. The maximum Gasteiger partial charge on any atom is 0.135 e. The van der Waals surface area contributed by atoms with Gasteiger partial charge in [-0.1, -0.05) is 19.1 Å². The molecule has 5 heteroatoms. The highest BCUT2D eigenvalue weighted by Crippen LogP contribution is 2.49. The Balaban J connectivity index is 1.30. The molecule has 1 aliphatic carbocycles. The highest BCUT2D eigenvalue weighted by atomic mass is 15.2. The molecule has 5 nitrogen and oxygen atoms in total. The first-order valence-corrected chi connectivity index (χ1v) is 11.4. The fourth-order valence-electron chi connectivity index (χ4n) is 6.35. The molecule has 0 radical (unpaired) electrons. The zero-order chi connectivity index (χ0) is 19.4. The molecule has 0 saturated carbocycles. The van der Waals surface area contributed by atoms with Crippen molar-refractivity contribution < 1.29 is 0 Å². The summed E-state index contributed by atoms with van der Waals surface area (Å²) in [5.41, 5.74) is 7.51. The molecule has 29 heavy (non-hydrogen) atoms. The van der Waals surface area contributed by atoms with E-state index in [-0.39, 0.29) is 5.41 Å². The monoisotopic (exact) mass is 389 g/mol. The number of benzene rings is 1. The summed E-state index contributed by atoms with van der Waals surface area (Å²) < 4.78 is 0. The first-order chi connectivity index (χ1) is 14.3. The Bertz CT molecular complexity index is 925. The molecule has 2 N–H and O–H groups in total. The molecule has 2 aromatic rings. The van der Waals surface area contributed by atoms with Crippen molar-refractivity contribution in [1.29, 1.82) is 0 Å². The van der Waals surface area contributed by atoms with Gasteiger partial charge in [0.15, 0.2) is 0 Å². The first-order valence-electron chi connectivity index (χ1n) is 11.4. The minimum Gasteiger partial charge on any atom is -0.384 e. The van der Waals surface area contributed by atoms with E-state index < -0.39 is 0 Å². The summed E-state index contributed by atoms with van der Waals surface area (Å²) in [7, 11) is 0. The van der Waals surface area contributed by atoms with Gasteiger partial charge in [0.2, 0.25) is 0 Å². The molecule has 1 spiro atoms. The van der Waals surface area contributed by atoms with Gasteiger partial charge in [-0.2, -0.15) is 0 Å². The summed E-state index contributed by atoms with van der Waals surface area (Å²) >= 11 is 0. The fourth-order valence-corrected chi connectivity index (χ4v) is 6.35. The average molecular weight is 390 g/mol. The lowest BCUT2D eigenvalue weighted by Gasteiger charge is -2.41. The molecule has 0 bridgehead atoms. The number of rotatable bonds is 2. The van der Waals surface area contributed by atoms with Crippen LogP contribution in [0.2, 0.25) is 0 Å². The largest absolute Gasteiger partial charge is 0.384 e. The van der Waals surface area contributed by atoms with Crippen LogP contribution in [-0.2, 0) is 11.8 Å². The summed E-state index contributed by atoms with van der Waals surface area (Å²) in [6.07, 6.45) is 9.07. The number of nitrogens with one attached hydrogen (secondary N) is 2. The Morgan fingerprint density at radius 2 is 2.03 bits per heavy atom. The normalized spacial score (nSPS) is 27.1. The average Bonchev–Trinajstić information content (AvgIpc) is 3.49. The van der Waals surface area contributed by atoms with Crippen LogP contribution in [0.1, 0.15) is 73.4 Å². The van der Waals surface area contributed by atoms with E-state index in [1.54, 1.807) is 17.5 Å². The second kappa shape index (κ2) is 6.69. The predicted molar refractivity (Wildman–Crippen MR) is 117 cm³/mol. The summed E-state index contributed by atoms with van der Waals surface area (Å²) in [5, 5.41) is 7.49. The summed E-state index contributed by atoms with van der Waals surface area (Å²) in [6, 6.07) is 7.43. The lowest BCUT2D eigenvalue weighted by Crippen LogP contribution is -2.45. The van der Waals surface area contributed by atoms with E-state index in [2.05, 4.69) is 45.6 Å². The van der Waals surface area contributed by atoms with E-state index >= 15 is 0 Å². The summed E-state index contributed by atoms with van der Waals surface area (Å²) in [6.45, 7) is 6.74. The third kappa shape index (κ3) is 2.70. The van der Waals surface area contributed by atoms with E-state index in [4.69, 9.17) is 4.98 Å². The number of fused-ring (bicyclic) bond motifs is 3. The minimum absolute atomic E-state index is 0.272. The van der Waals surface area contributed by atoms with Crippen molar-refractivity contribution in [3.63, 3.8) is 0 Å². The van der Waals surface area contributed by atoms with Gasteiger partial charge in [0.05, 0.1) is 0 Å². The molecule has 4 aliphatic rings. The second-order valence-electron chi connectivity index (χ2n) is 9.54. The van der Waals surface area contributed by atoms with Crippen LogP contribution in [0.5, 0.6) is 0 Å². The van der Waals surface area contributed by atoms with E-state index in [0.717, 1.165) is 32.6 Å². The van der Waals surface area contributed by atoms with Crippen molar-refractivity contribution in [2.75, 3.05) is 36.4 Å². The Hall–Kier alpha value is -2.14. The standard InChI is InChI=1S/C24H31N5/c1-16-7-8-19-21(16)23(28-15-27-19)29-12-9-24(10-13-29)14-26-20-5-2-4-17(22(20)24)18-6-3-11-25-18/h2,4-5,15-16,18,25-26H,3,6-14H2,1H3/t16-,18-/m1/s1. The molecule has 1 aromatic heterocycles. The number of aromatic nitrogens is 2. The van der Waals surface area contributed by atoms with Crippen LogP contribution in [-0.4, -0.2) is 36.1 Å². The van der Waals surface area contributed by atoms with Crippen molar-refractivity contribution >= 4 is 11.5 Å². The Morgan fingerprint density at radius 3 is 2.86 bits per heavy atom. The third-order valence-electron chi connectivity index (χ3n) is 7.95. The minimum atomic E-state index is 0.272. The van der Waals surface area contributed by atoms with E-state index in [1.165, 1.54) is 54.9 Å². The SMILES string of the molecule is C[C@@H]1CCc2ncnc(N3CCC4(CC3)CNc3cccc([C@H]5CCCN5)c34)c21. The molecule has 1 aromatic carbocycles. The van der Waals surface area contributed by atoms with Crippen LogP contribution in [0, 0.1) is 0 Å². The quantitative estimate of drug-likeness (QED) is 0.815. The molecule has 0 unspecified atom stereocenters. The van der Waals surface area contributed by atoms with Gasteiger partial charge >= 0.3 is 0 Å². The molecular weight excluding hydrogens is 358 g/mol. The third-order valence-corrected chi connectivity index (χ3v) is 7.95. The smallest absolute Gasteiger partial charge is 0.135 e. The molecule has 2 saturated heterocycles. The molecule has 6 rings (SSSR count). The lowest BCUT2D eigenvalue weighted by molar-refractivity contribution is 0.356. The van der Waals surface area contributed by atoms with Crippen LogP contribution in [0.25, 0.3) is 0 Å². The Labute approximate surface area is 173 Å². The predicted octanol–water partition coefficient (Wildman–Crippen LogP) is 3.91. The van der Waals surface area contributed by atoms with Gasteiger partial charge in [-0.05, 0) is 68.2 Å². The summed E-state index contributed by atoms with van der Waals surface area (Å²) in [5.74, 6) is 1.80. The maximum absolute atomic E-state index is 4.75. The molecule has 2 fully saturated rings. The Morgan fingerprint density at radius 1 is 1.14 bits per heavy atom. The maximum atomic E-state index is 4.75. The van der Waals surface area contributed by atoms with Crippen LogP contribution >= 0.6 is 0 Å². The zero-order valence-electron chi connectivity index (χ0n) is 17.4. The highest BCUT2D eigenvalue weighted by molar-refractivity contribution is 5.65. The number of aryl methyl sites for hydroxylation is 1. The van der Waals surface area contributed by atoms with Crippen LogP contribution in [0.15, 0.2) is 24.5 Å². The van der Waals surface area contributed by atoms with Crippen molar-refractivity contribution in [1.82, 2.24) is 15.3 Å². The Kier molecular flexibility index (Phi) is 4.09. The van der Waals surface area contributed by atoms with Crippen molar-refractivity contribution in [3.05, 3.63) is 46.9 Å². The van der Waals surface area contributed by atoms with Gasteiger partial charge in [-0.15, -0.1) is 0 Å². The molecule has 4 heterocycles. The molecule has 2 atom stereocenters. The van der Waals surface area contributed by atoms with E-state index in [1.807, 2.05) is 0 Å². The molecular formula is C24H31N5. The van der Waals surface area contributed by atoms with Gasteiger partial charge < -0.3 is 15.5 Å². The topological polar surface area (TPSA) is 53.1 Å². The van der Waals surface area contributed by atoms with Gasteiger partial charge in [-0.25, -0.2) is 9.97 Å². The summed E-state index contributed by atoms with van der Waals surface area (Å²) in [4.78, 5) is 11.9. The number of anilines is 2. The fraction of sp³-hybridized carbons (Fsp3) is 0.583. The van der Waals surface area contributed by atoms with Gasteiger partial charge in [0.1, 0.15) is 12.1 Å². The zero-order valence-corrected chi connectivity index (χ0v) is 17.4. The molecule has 152 valence electrons. The van der Waals surface area contributed by atoms with Crippen LogP contribution in [0.3, 0.4) is 0 Å². The van der Waals surface area contributed by atoms with Gasteiger partial charge in [-0.3, -0.25) is 0 Å². The van der Waals surface area contributed by atoms with Gasteiger partial charge in [0, 0.05) is 48.0 Å². The van der Waals surface area contributed by atoms with Crippen molar-refractivity contribution in [2.45, 2.75) is 62.8 Å². The van der Waals surface area contributed by atoms with Crippen molar-refractivity contribution in [2.24, 2.45) is 0 Å². The second-order valence-corrected chi connectivity index (χ2v) is 9.54. The molecule has 0 amide bonds. The van der Waals surface area contributed by atoms with E-state index in [0.29, 0.717) is 12.0 Å². The van der Waals surface area contributed by atoms with Crippen LogP contribution < -0.4 is 15.5 Å². The number of hydrogen-bond donors (Lipinski definition) is 2. The highest BCUT2D eigenvalue weighted by Gasteiger charge is 2.44. The molecule has 3 aliphatic heterocycles. The van der Waals surface area contributed by atoms with Crippen molar-refractivity contribution in [3.8, 4) is 0 Å². The number of hydrogen-bond acceptors (Lipinski definition) is 5. The number of nitrogens with zero attached hydrogens (tertiary/aromatic N) is 3. The van der Waals surface area contributed by atoms with Gasteiger partial charge in [0.25, 0.3) is 0 Å². The van der Waals surface area contributed by atoms with E-state index in [9.17, 15) is 0 Å².